The number of benzene rings is 3. The van der Waals surface area contributed by atoms with Gasteiger partial charge in [-0.1, -0.05) is 60.1 Å². The van der Waals surface area contributed by atoms with Gasteiger partial charge in [0.25, 0.3) is 5.91 Å². The monoisotopic (exact) mass is 474 g/mol. The van der Waals surface area contributed by atoms with Gasteiger partial charge in [-0.25, -0.2) is 0 Å². The molecule has 0 fully saturated rings. The average molecular weight is 475 g/mol. The Morgan fingerprint density at radius 1 is 1.09 bits per heavy atom. The molecule has 0 aliphatic rings. The van der Waals surface area contributed by atoms with E-state index in [1.807, 2.05) is 48.5 Å². The van der Waals surface area contributed by atoms with Gasteiger partial charge in [-0.3, -0.25) is 9.78 Å². The van der Waals surface area contributed by atoms with Gasteiger partial charge in [0.1, 0.15) is 28.8 Å². The van der Waals surface area contributed by atoms with E-state index in [4.69, 9.17) is 21.1 Å². The first-order chi connectivity index (χ1) is 16.6. The second kappa shape index (κ2) is 10.7. The van der Waals surface area contributed by atoms with Gasteiger partial charge >= 0.3 is 0 Å². The maximum absolute atomic E-state index is 12.9. The molecule has 0 aliphatic carbocycles. The van der Waals surface area contributed by atoms with Crippen LogP contribution < -0.4 is 10.1 Å². The van der Waals surface area contributed by atoms with Crippen molar-refractivity contribution in [3.8, 4) is 11.5 Å². The van der Waals surface area contributed by atoms with E-state index in [-0.39, 0.29) is 12.4 Å². The first kappa shape index (κ1) is 23.1. The van der Waals surface area contributed by atoms with Gasteiger partial charge in [-0.15, -0.1) is 0 Å². The van der Waals surface area contributed by atoms with E-state index in [0.717, 1.165) is 5.56 Å². The smallest absolute Gasteiger partial charge is 0.258 e. The number of amides is 1. The molecule has 1 heterocycles. The SMILES string of the molecule is CO/C(=C/c1ccccc1)C(NC(=O)COc1ccccc1)c1cc(Cl)c2cccnc2c1O. The van der Waals surface area contributed by atoms with Gasteiger partial charge in [0.15, 0.2) is 6.61 Å². The summed E-state index contributed by atoms with van der Waals surface area (Å²) in [4.78, 5) is 17.2. The van der Waals surface area contributed by atoms with Crippen LogP contribution in [-0.2, 0) is 9.53 Å². The van der Waals surface area contributed by atoms with Gasteiger partial charge in [0, 0.05) is 17.1 Å². The molecule has 1 unspecified atom stereocenters. The lowest BCUT2D eigenvalue weighted by Gasteiger charge is -2.23. The number of fused-ring (bicyclic) bond motifs is 1. The number of hydrogen-bond donors (Lipinski definition) is 2. The highest BCUT2D eigenvalue weighted by molar-refractivity contribution is 6.35. The molecule has 0 aliphatic heterocycles. The molecule has 0 bridgehead atoms. The van der Waals surface area contributed by atoms with Crippen molar-refractivity contribution in [2.24, 2.45) is 0 Å². The maximum atomic E-state index is 12.9. The summed E-state index contributed by atoms with van der Waals surface area (Å²) in [5.74, 6) is 0.481. The van der Waals surface area contributed by atoms with Gasteiger partial charge in [0.05, 0.1) is 12.1 Å². The summed E-state index contributed by atoms with van der Waals surface area (Å²) in [7, 11) is 1.51. The molecule has 34 heavy (non-hydrogen) atoms. The number of carbonyl (C=O) groups excluding carboxylic acids is 1. The number of phenols is 1. The lowest BCUT2D eigenvalue weighted by molar-refractivity contribution is -0.123. The third kappa shape index (κ3) is 5.30. The molecule has 3 aromatic carbocycles. The van der Waals surface area contributed by atoms with Gasteiger partial charge in [-0.05, 0) is 42.0 Å². The van der Waals surface area contributed by atoms with Crippen molar-refractivity contribution >= 4 is 34.5 Å². The van der Waals surface area contributed by atoms with Crippen molar-refractivity contribution in [3.63, 3.8) is 0 Å². The van der Waals surface area contributed by atoms with Crippen LogP contribution >= 0.6 is 11.6 Å². The van der Waals surface area contributed by atoms with Crippen molar-refractivity contribution in [2.75, 3.05) is 13.7 Å². The number of methoxy groups -OCH3 is 1. The minimum absolute atomic E-state index is 0.0923. The first-order valence-electron chi connectivity index (χ1n) is 10.6. The molecule has 7 heteroatoms. The van der Waals surface area contributed by atoms with Crippen LogP contribution in [0.4, 0.5) is 0 Å². The molecule has 2 N–H and O–H groups in total. The molecule has 0 saturated heterocycles. The zero-order chi connectivity index (χ0) is 23.9. The molecule has 4 rings (SSSR count). The van der Waals surface area contributed by atoms with Crippen LogP contribution in [0, 0.1) is 0 Å². The van der Waals surface area contributed by atoms with Crippen LogP contribution in [-0.4, -0.2) is 29.7 Å². The van der Waals surface area contributed by atoms with E-state index < -0.39 is 11.9 Å². The molecular weight excluding hydrogens is 452 g/mol. The Morgan fingerprint density at radius 2 is 1.79 bits per heavy atom. The molecule has 1 aromatic heterocycles. The lowest BCUT2D eigenvalue weighted by Crippen LogP contribution is -2.34. The summed E-state index contributed by atoms with van der Waals surface area (Å²) in [6.07, 6.45) is 3.36. The number of ether oxygens (including phenoxy) is 2. The number of pyridine rings is 1. The normalized spacial score (nSPS) is 12.2. The molecular formula is C27H23ClN2O4. The Hall–Kier alpha value is -4.03. The van der Waals surface area contributed by atoms with E-state index in [0.29, 0.717) is 33.0 Å². The fraction of sp³-hybridized carbons (Fsp3) is 0.111. The lowest BCUT2D eigenvalue weighted by atomic mass is 9.99. The summed E-state index contributed by atoms with van der Waals surface area (Å²) in [6.45, 7) is -0.219. The van der Waals surface area contributed by atoms with Crippen molar-refractivity contribution in [1.82, 2.24) is 10.3 Å². The number of rotatable bonds is 8. The number of aromatic nitrogens is 1. The van der Waals surface area contributed by atoms with Gasteiger partial charge < -0.3 is 19.9 Å². The zero-order valence-corrected chi connectivity index (χ0v) is 19.2. The van der Waals surface area contributed by atoms with Crippen LogP contribution in [0.3, 0.4) is 0 Å². The second-order valence-corrected chi connectivity index (χ2v) is 7.87. The van der Waals surface area contributed by atoms with Gasteiger partial charge in [0.2, 0.25) is 0 Å². The zero-order valence-electron chi connectivity index (χ0n) is 18.4. The Balaban J connectivity index is 1.72. The maximum Gasteiger partial charge on any atom is 0.258 e. The highest BCUT2D eigenvalue weighted by Gasteiger charge is 2.26. The molecule has 4 aromatic rings. The molecule has 6 nitrogen and oxygen atoms in total. The minimum atomic E-state index is -0.846. The average Bonchev–Trinajstić information content (AvgIpc) is 2.88. The highest BCUT2D eigenvalue weighted by Crippen LogP contribution is 2.39. The Morgan fingerprint density at radius 3 is 2.50 bits per heavy atom. The summed E-state index contributed by atoms with van der Waals surface area (Å²) in [5, 5.41) is 15.0. The predicted octanol–water partition coefficient (Wildman–Crippen LogP) is 5.52. The molecule has 1 atom stereocenters. The van der Waals surface area contributed by atoms with Crippen LogP contribution in [0.2, 0.25) is 5.02 Å². The molecule has 0 radical (unpaired) electrons. The number of hydrogen-bond acceptors (Lipinski definition) is 5. The number of aromatic hydroxyl groups is 1. The summed E-state index contributed by atoms with van der Waals surface area (Å²) in [6, 6.07) is 22.8. The number of nitrogens with one attached hydrogen (secondary N) is 1. The number of para-hydroxylation sites is 1. The molecule has 0 saturated carbocycles. The highest BCUT2D eigenvalue weighted by atomic mass is 35.5. The van der Waals surface area contributed by atoms with E-state index in [9.17, 15) is 9.90 Å². The van der Waals surface area contributed by atoms with E-state index in [1.165, 1.54) is 7.11 Å². The summed E-state index contributed by atoms with van der Waals surface area (Å²) in [5.41, 5.74) is 1.55. The third-order valence-corrected chi connectivity index (χ3v) is 5.52. The van der Waals surface area contributed by atoms with E-state index in [1.54, 1.807) is 42.6 Å². The summed E-state index contributed by atoms with van der Waals surface area (Å²) < 4.78 is 11.3. The number of phenolic OH excluding ortho intramolecular Hbond substituents is 1. The molecule has 1 amide bonds. The third-order valence-electron chi connectivity index (χ3n) is 5.20. The standard InChI is InChI=1S/C27H23ClN2O4/c1-33-23(15-18-9-4-2-5-10-18)25(30-24(31)17-34-19-11-6-3-7-12-19)21-16-22(28)20-13-8-14-29-26(20)27(21)32/h2-16,25,32H,17H2,1H3,(H,30,31)/b23-15+. The van der Waals surface area contributed by atoms with Crippen LogP contribution in [0.5, 0.6) is 11.5 Å². The topological polar surface area (TPSA) is 80.7 Å². The largest absolute Gasteiger partial charge is 0.505 e. The quantitative estimate of drug-likeness (QED) is 0.329. The number of halogens is 1. The van der Waals surface area contributed by atoms with Gasteiger partial charge in [-0.2, -0.15) is 0 Å². The fourth-order valence-electron chi connectivity index (χ4n) is 3.57. The first-order valence-corrected chi connectivity index (χ1v) is 11.0. The van der Waals surface area contributed by atoms with Crippen LogP contribution in [0.1, 0.15) is 17.2 Å². The second-order valence-electron chi connectivity index (χ2n) is 7.46. The summed E-state index contributed by atoms with van der Waals surface area (Å²) >= 11 is 6.52. The van der Waals surface area contributed by atoms with Crippen LogP contribution in [0.15, 0.2) is 90.8 Å². The van der Waals surface area contributed by atoms with Crippen LogP contribution in [0.25, 0.3) is 17.0 Å². The predicted molar refractivity (Wildman–Crippen MR) is 133 cm³/mol. The van der Waals surface area contributed by atoms with Crippen molar-refractivity contribution in [2.45, 2.75) is 6.04 Å². The van der Waals surface area contributed by atoms with E-state index in [2.05, 4.69) is 10.3 Å². The fourth-order valence-corrected chi connectivity index (χ4v) is 3.84. The molecule has 172 valence electrons. The van der Waals surface area contributed by atoms with Crippen molar-refractivity contribution in [3.05, 3.63) is 107 Å². The van der Waals surface area contributed by atoms with E-state index >= 15 is 0 Å². The number of nitrogens with zero attached hydrogens (tertiary/aromatic N) is 1. The Bertz CT molecular complexity index is 1310. The number of carbonyl (C=O) groups is 1. The van der Waals surface area contributed by atoms with Crippen molar-refractivity contribution < 1.29 is 19.4 Å². The van der Waals surface area contributed by atoms with Crippen molar-refractivity contribution in [1.29, 1.82) is 0 Å². The minimum Gasteiger partial charge on any atom is -0.505 e. The molecule has 0 spiro atoms. The Kier molecular flexibility index (Phi) is 7.30. The Labute approximate surface area is 202 Å².